The predicted octanol–water partition coefficient (Wildman–Crippen LogP) is 2.73. The van der Waals surface area contributed by atoms with Crippen LogP contribution in [0.1, 0.15) is 30.3 Å². The summed E-state index contributed by atoms with van der Waals surface area (Å²) in [4.78, 5) is 21.0. The zero-order chi connectivity index (χ0) is 18.6. The van der Waals surface area contributed by atoms with E-state index in [2.05, 4.69) is 62.0 Å². The molecule has 1 atom stereocenters. The van der Waals surface area contributed by atoms with Crippen LogP contribution in [0.2, 0.25) is 0 Å². The van der Waals surface area contributed by atoms with Crippen LogP contribution >= 0.6 is 11.3 Å². The number of piperazine rings is 1. The van der Waals surface area contributed by atoms with Crippen LogP contribution in [-0.4, -0.2) is 70.5 Å². The maximum atomic E-state index is 12.6. The molecule has 0 aliphatic carbocycles. The Hall–Kier alpha value is -1.63. The molecule has 0 saturated carbocycles. The van der Waals surface area contributed by atoms with Gasteiger partial charge in [-0.1, -0.05) is 6.07 Å². The van der Waals surface area contributed by atoms with Crippen LogP contribution in [-0.2, 0) is 17.9 Å². The van der Waals surface area contributed by atoms with Crippen LogP contribution < -0.4 is 0 Å². The molecule has 146 valence electrons. The summed E-state index contributed by atoms with van der Waals surface area (Å²) in [5, 5.41) is 2.14. The van der Waals surface area contributed by atoms with Gasteiger partial charge in [0.1, 0.15) is 0 Å². The average molecular weight is 387 g/mol. The van der Waals surface area contributed by atoms with Gasteiger partial charge in [-0.25, -0.2) is 0 Å². The Morgan fingerprint density at radius 1 is 1.04 bits per heavy atom. The quantitative estimate of drug-likeness (QED) is 0.765. The van der Waals surface area contributed by atoms with E-state index >= 15 is 0 Å². The minimum Gasteiger partial charge on any atom is -0.345 e. The molecule has 1 unspecified atom stereocenters. The first kappa shape index (κ1) is 18.7. The highest BCUT2D eigenvalue weighted by molar-refractivity contribution is 7.09. The average Bonchev–Trinajstić information content (AvgIpc) is 3.45. The predicted molar refractivity (Wildman–Crippen MR) is 110 cm³/mol. The van der Waals surface area contributed by atoms with Crippen LogP contribution in [0.25, 0.3) is 0 Å². The van der Waals surface area contributed by atoms with E-state index in [1.54, 1.807) is 0 Å². The Labute approximate surface area is 166 Å². The number of hydrogen-bond acceptors (Lipinski definition) is 4. The fourth-order valence-corrected chi connectivity index (χ4v) is 4.92. The molecule has 0 aromatic carbocycles. The Morgan fingerprint density at radius 3 is 2.52 bits per heavy atom. The molecule has 2 saturated heterocycles. The van der Waals surface area contributed by atoms with Crippen molar-refractivity contribution in [2.45, 2.75) is 38.9 Å². The van der Waals surface area contributed by atoms with Crippen molar-refractivity contribution in [3.05, 3.63) is 46.4 Å². The highest BCUT2D eigenvalue weighted by atomic mass is 32.1. The molecule has 2 aliphatic rings. The Balaban J connectivity index is 1.28. The first-order chi connectivity index (χ1) is 13.2. The van der Waals surface area contributed by atoms with E-state index in [1.165, 1.54) is 10.6 Å². The number of thiophene rings is 1. The maximum Gasteiger partial charge on any atom is 0.239 e. The smallest absolute Gasteiger partial charge is 0.239 e. The lowest BCUT2D eigenvalue weighted by atomic mass is 10.2. The van der Waals surface area contributed by atoms with Crippen molar-refractivity contribution in [3.8, 4) is 0 Å². The molecular formula is C21H30N4OS. The molecule has 1 amide bonds. The van der Waals surface area contributed by atoms with Crippen molar-refractivity contribution < 1.29 is 4.79 Å². The fourth-order valence-electron chi connectivity index (χ4n) is 4.21. The minimum absolute atomic E-state index is 0.0212. The van der Waals surface area contributed by atoms with E-state index in [9.17, 15) is 4.79 Å². The summed E-state index contributed by atoms with van der Waals surface area (Å²) in [6.07, 6.45) is 4.51. The zero-order valence-electron chi connectivity index (χ0n) is 16.2. The molecule has 4 rings (SSSR count). The summed E-state index contributed by atoms with van der Waals surface area (Å²) >= 11 is 1.82. The topological polar surface area (TPSA) is 31.7 Å². The number of nitrogens with zero attached hydrogens (tertiary/aromatic N) is 4. The number of carbonyl (C=O) groups excluding carboxylic acids is 1. The van der Waals surface area contributed by atoms with E-state index < -0.39 is 0 Å². The first-order valence-electron chi connectivity index (χ1n) is 10.1. The van der Waals surface area contributed by atoms with Gasteiger partial charge in [0.2, 0.25) is 5.91 Å². The molecular weight excluding hydrogens is 356 g/mol. The lowest BCUT2D eigenvalue weighted by molar-refractivity contribution is -0.136. The third-order valence-corrected chi connectivity index (χ3v) is 6.81. The van der Waals surface area contributed by atoms with Gasteiger partial charge in [0.05, 0.1) is 12.6 Å². The standard InChI is InChI=1S/C21H30N4OS/c1-18(21(26)24-8-2-3-9-24)23-13-11-22(12-14-23)16-19-6-4-10-25(19)17-20-7-5-15-27-20/h4-7,10,15,18H,2-3,8-9,11-14,16-17H2,1H3. The molecule has 5 nitrogen and oxygen atoms in total. The van der Waals surface area contributed by atoms with Crippen molar-refractivity contribution in [1.82, 2.24) is 19.3 Å². The number of carbonyl (C=O) groups is 1. The second kappa shape index (κ2) is 8.59. The highest BCUT2D eigenvalue weighted by Gasteiger charge is 2.29. The Morgan fingerprint density at radius 2 is 1.81 bits per heavy atom. The summed E-state index contributed by atoms with van der Waals surface area (Å²) in [6, 6.07) is 8.72. The van der Waals surface area contributed by atoms with Crippen molar-refractivity contribution >= 4 is 17.2 Å². The second-order valence-corrected chi connectivity index (χ2v) is 8.76. The molecule has 6 heteroatoms. The van der Waals surface area contributed by atoms with Gasteiger partial charge in [-0.2, -0.15) is 0 Å². The summed E-state index contributed by atoms with van der Waals surface area (Å²) in [6.45, 7) is 9.95. The number of rotatable bonds is 6. The molecule has 0 N–H and O–H groups in total. The van der Waals surface area contributed by atoms with Crippen molar-refractivity contribution in [1.29, 1.82) is 0 Å². The van der Waals surface area contributed by atoms with E-state index in [0.29, 0.717) is 5.91 Å². The molecule has 2 aromatic rings. The van der Waals surface area contributed by atoms with Crippen molar-refractivity contribution in [2.75, 3.05) is 39.3 Å². The number of amides is 1. The molecule has 27 heavy (non-hydrogen) atoms. The largest absolute Gasteiger partial charge is 0.345 e. The third-order valence-electron chi connectivity index (χ3n) is 5.95. The fraction of sp³-hybridized carbons (Fsp3) is 0.571. The van der Waals surface area contributed by atoms with E-state index in [-0.39, 0.29) is 6.04 Å². The summed E-state index contributed by atoms with van der Waals surface area (Å²) < 4.78 is 2.36. The summed E-state index contributed by atoms with van der Waals surface area (Å²) in [7, 11) is 0. The van der Waals surface area contributed by atoms with Crippen LogP contribution in [0.15, 0.2) is 35.8 Å². The van der Waals surface area contributed by atoms with Gasteiger partial charge in [-0.15, -0.1) is 11.3 Å². The molecule has 2 fully saturated rings. The van der Waals surface area contributed by atoms with E-state index in [4.69, 9.17) is 0 Å². The third kappa shape index (κ3) is 4.45. The molecule has 2 aliphatic heterocycles. The lowest BCUT2D eigenvalue weighted by Crippen LogP contribution is -2.54. The number of aromatic nitrogens is 1. The molecule has 0 spiro atoms. The van der Waals surface area contributed by atoms with Gasteiger partial charge in [0.25, 0.3) is 0 Å². The van der Waals surface area contributed by atoms with Gasteiger partial charge in [-0.05, 0) is 43.3 Å². The second-order valence-electron chi connectivity index (χ2n) is 7.73. The van der Waals surface area contributed by atoms with Gasteiger partial charge >= 0.3 is 0 Å². The zero-order valence-corrected chi connectivity index (χ0v) is 17.0. The Kier molecular flexibility index (Phi) is 5.95. The molecule has 2 aromatic heterocycles. The van der Waals surface area contributed by atoms with Gasteiger partial charge in [-0.3, -0.25) is 14.6 Å². The summed E-state index contributed by atoms with van der Waals surface area (Å²) in [5.74, 6) is 0.325. The van der Waals surface area contributed by atoms with Gasteiger partial charge in [0, 0.05) is 62.6 Å². The molecule has 0 radical (unpaired) electrons. The van der Waals surface area contributed by atoms with E-state index in [1.807, 2.05) is 11.3 Å². The first-order valence-corrected chi connectivity index (χ1v) is 11.0. The van der Waals surface area contributed by atoms with Crippen LogP contribution in [0, 0.1) is 0 Å². The number of likely N-dealkylation sites (tertiary alicyclic amines) is 1. The maximum absolute atomic E-state index is 12.6. The van der Waals surface area contributed by atoms with E-state index in [0.717, 1.165) is 65.2 Å². The summed E-state index contributed by atoms with van der Waals surface area (Å²) in [5.41, 5.74) is 1.37. The molecule has 0 bridgehead atoms. The SMILES string of the molecule is CC(C(=O)N1CCCC1)N1CCN(Cc2cccn2Cc2cccs2)CC1. The molecule has 4 heterocycles. The van der Waals surface area contributed by atoms with Crippen LogP contribution in [0.5, 0.6) is 0 Å². The van der Waals surface area contributed by atoms with Crippen LogP contribution in [0.4, 0.5) is 0 Å². The lowest BCUT2D eigenvalue weighted by Gasteiger charge is -2.38. The van der Waals surface area contributed by atoms with Crippen LogP contribution in [0.3, 0.4) is 0 Å². The highest BCUT2D eigenvalue weighted by Crippen LogP contribution is 2.17. The van der Waals surface area contributed by atoms with Crippen molar-refractivity contribution in [2.24, 2.45) is 0 Å². The van der Waals surface area contributed by atoms with Gasteiger partial charge < -0.3 is 9.47 Å². The van der Waals surface area contributed by atoms with Gasteiger partial charge in [0.15, 0.2) is 0 Å². The monoisotopic (exact) mass is 386 g/mol. The number of hydrogen-bond donors (Lipinski definition) is 0. The minimum atomic E-state index is 0.0212. The normalized spacial score (nSPS) is 20.3. The Bertz CT molecular complexity index is 727. The van der Waals surface area contributed by atoms with Crippen molar-refractivity contribution in [3.63, 3.8) is 0 Å².